The van der Waals surface area contributed by atoms with Crippen LogP contribution in [0.2, 0.25) is 0 Å². The minimum absolute atomic E-state index is 0.0980. The average molecular weight is 208 g/mol. The molecule has 0 fully saturated rings. The van der Waals surface area contributed by atoms with Crippen molar-refractivity contribution in [1.29, 1.82) is 0 Å². The van der Waals surface area contributed by atoms with Crippen molar-refractivity contribution in [3.8, 4) is 0 Å². The average Bonchev–Trinajstić information content (AvgIpc) is 2.11. The molecular formula is C7H12O5S. The number of rotatable bonds is 6. The number of ether oxygens (including phenoxy) is 1. The van der Waals surface area contributed by atoms with Crippen LogP contribution >= 0.6 is 0 Å². The van der Waals surface area contributed by atoms with Gasteiger partial charge in [-0.15, -0.1) is 0 Å². The lowest BCUT2D eigenvalue weighted by atomic mass is 10.3. The molecule has 0 aromatic heterocycles. The Hall–Kier alpha value is -0.720. The molecule has 0 amide bonds. The van der Waals surface area contributed by atoms with E-state index in [4.69, 9.17) is 9.29 Å². The first-order chi connectivity index (χ1) is 6.10. The van der Waals surface area contributed by atoms with Gasteiger partial charge in [-0.05, 0) is 6.42 Å². The van der Waals surface area contributed by atoms with Gasteiger partial charge < -0.3 is 4.74 Å². The van der Waals surface area contributed by atoms with Gasteiger partial charge in [-0.3, -0.25) is 8.74 Å². The van der Waals surface area contributed by atoms with Gasteiger partial charge in [0.1, 0.15) is 12.7 Å². The lowest BCUT2D eigenvalue weighted by molar-refractivity contribution is -0.144. The van der Waals surface area contributed by atoms with Crippen molar-refractivity contribution < 1.29 is 22.5 Å². The van der Waals surface area contributed by atoms with Gasteiger partial charge in [-0.2, -0.15) is 4.21 Å². The first-order valence-corrected chi connectivity index (χ1v) is 4.70. The van der Waals surface area contributed by atoms with E-state index in [1.54, 1.807) is 6.92 Å². The highest BCUT2D eigenvalue weighted by atomic mass is 32.2. The van der Waals surface area contributed by atoms with Gasteiger partial charge in [0.05, 0.1) is 0 Å². The second kappa shape index (κ2) is 6.76. The van der Waals surface area contributed by atoms with Crippen LogP contribution in [0.4, 0.5) is 0 Å². The molecule has 2 unspecified atom stereocenters. The molecule has 2 atom stereocenters. The number of hydrogen-bond donors (Lipinski definition) is 1. The predicted molar refractivity (Wildman–Crippen MR) is 47.1 cm³/mol. The number of hydrogen-bond acceptors (Lipinski definition) is 4. The third-order valence-corrected chi connectivity index (χ3v) is 1.60. The normalized spacial score (nSPS) is 14.6. The summed E-state index contributed by atoms with van der Waals surface area (Å²) in [6.07, 6.45) is 1.02. The molecule has 6 heteroatoms. The van der Waals surface area contributed by atoms with E-state index in [0.29, 0.717) is 6.42 Å². The fourth-order valence-electron chi connectivity index (χ4n) is 0.582. The zero-order valence-corrected chi connectivity index (χ0v) is 8.08. The molecule has 76 valence electrons. The van der Waals surface area contributed by atoms with E-state index in [1.165, 1.54) is 0 Å². The van der Waals surface area contributed by atoms with Crippen molar-refractivity contribution in [2.24, 2.45) is 0 Å². The Balaban J connectivity index is 3.81. The summed E-state index contributed by atoms with van der Waals surface area (Å²) < 4.78 is 27.5. The predicted octanol–water partition coefficient (Wildman–Crippen LogP) is 0.648. The minimum atomic E-state index is -2.32. The summed E-state index contributed by atoms with van der Waals surface area (Å²) in [5, 5.41) is 0. The van der Waals surface area contributed by atoms with Gasteiger partial charge in [0.2, 0.25) is 0 Å². The van der Waals surface area contributed by atoms with Crippen LogP contribution in [0.15, 0.2) is 12.7 Å². The molecule has 5 nitrogen and oxygen atoms in total. The zero-order valence-electron chi connectivity index (χ0n) is 7.26. The molecular weight excluding hydrogens is 196 g/mol. The van der Waals surface area contributed by atoms with Crippen LogP contribution in [0.1, 0.15) is 13.3 Å². The van der Waals surface area contributed by atoms with E-state index in [-0.39, 0.29) is 6.61 Å². The molecule has 0 aliphatic heterocycles. The third-order valence-electron chi connectivity index (χ3n) is 1.26. The van der Waals surface area contributed by atoms with Crippen molar-refractivity contribution in [1.82, 2.24) is 0 Å². The molecule has 0 rings (SSSR count). The summed E-state index contributed by atoms with van der Waals surface area (Å²) in [6, 6.07) is 0. The fraction of sp³-hybridized carbons (Fsp3) is 0.571. The Kier molecular flexibility index (Phi) is 6.38. The summed E-state index contributed by atoms with van der Waals surface area (Å²) >= 11 is -2.32. The highest BCUT2D eigenvalue weighted by Crippen LogP contribution is 2.00. The van der Waals surface area contributed by atoms with Crippen LogP contribution < -0.4 is 0 Å². The van der Waals surface area contributed by atoms with Crippen molar-refractivity contribution in [3.05, 3.63) is 12.7 Å². The maximum Gasteiger partial charge on any atom is 0.330 e. The number of carbonyl (C=O) groups excluding carboxylic acids is 1. The van der Waals surface area contributed by atoms with Crippen LogP contribution in [-0.4, -0.2) is 27.4 Å². The molecule has 0 aliphatic carbocycles. The molecule has 0 saturated heterocycles. The van der Waals surface area contributed by atoms with Gasteiger partial charge in [0.25, 0.3) is 0 Å². The summed E-state index contributed by atoms with van der Waals surface area (Å²) in [7, 11) is 0. The van der Waals surface area contributed by atoms with Crippen LogP contribution in [0, 0.1) is 0 Å². The van der Waals surface area contributed by atoms with Crippen molar-refractivity contribution in [2.45, 2.75) is 19.4 Å². The summed E-state index contributed by atoms with van der Waals surface area (Å²) in [4.78, 5) is 10.7. The molecule has 0 heterocycles. The monoisotopic (exact) mass is 208 g/mol. The second-order valence-corrected chi connectivity index (χ2v) is 2.84. The highest BCUT2D eigenvalue weighted by Gasteiger charge is 2.11. The van der Waals surface area contributed by atoms with Crippen LogP contribution in [-0.2, 0) is 25.1 Å². The fourth-order valence-corrected chi connectivity index (χ4v) is 0.850. The Morgan fingerprint density at radius 3 is 2.77 bits per heavy atom. The van der Waals surface area contributed by atoms with Crippen molar-refractivity contribution in [3.63, 3.8) is 0 Å². The van der Waals surface area contributed by atoms with Gasteiger partial charge in [-0.1, -0.05) is 13.5 Å². The SMILES string of the molecule is C=CC(=O)OC(CC)COS(=O)O. The van der Waals surface area contributed by atoms with Gasteiger partial charge in [0, 0.05) is 6.08 Å². The second-order valence-electron chi connectivity index (χ2n) is 2.17. The van der Waals surface area contributed by atoms with E-state index >= 15 is 0 Å². The zero-order chi connectivity index (χ0) is 10.3. The standard InChI is InChI=1S/C7H12O5S/c1-3-6(5-11-13(9)10)12-7(8)4-2/h4,6H,2-3,5H2,1H3,(H,9,10). The van der Waals surface area contributed by atoms with Gasteiger partial charge in [-0.25, -0.2) is 4.79 Å². The van der Waals surface area contributed by atoms with Crippen LogP contribution in [0.5, 0.6) is 0 Å². The maximum atomic E-state index is 10.7. The van der Waals surface area contributed by atoms with E-state index in [1.807, 2.05) is 0 Å². The van der Waals surface area contributed by atoms with E-state index in [0.717, 1.165) is 6.08 Å². The molecule has 0 radical (unpaired) electrons. The molecule has 13 heavy (non-hydrogen) atoms. The molecule has 1 N–H and O–H groups in total. The smallest absolute Gasteiger partial charge is 0.330 e. The summed E-state index contributed by atoms with van der Waals surface area (Å²) in [6.45, 7) is 4.89. The Labute approximate surface area is 79.2 Å². The summed E-state index contributed by atoms with van der Waals surface area (Å²) in [5.41, 5.74) is 0. The number of carbonyl (C=O) groups is 1. The largest absolute Gasteiger partial charge is 0.457 e. The first-order valence-electron chi connectivity index (χ1n) is 3.67. The molecule has 0 saturated carbocycles. The lowest BCUT2D eigenvalue weighted by Crippen LogP contribution is -2.22. The number of esters is 1. The maximum absolute atomic E-state index is 10.7. The van der Waals surface area contributed by atoms with Crippen molar-refractivity contribution >= 4 is 17.3 Å². The minimum Gasteiger partial charge on any atom is -0.457 e. The van der Waals surface area contributed by atoms with E-state index in [2.05, 4.69) is 10.8 Å². The van der Waals surface area contributed by atoms with E-state index in [9.17, 15) is 9.00 Å². The lowest BCUT2D eigenvalue weighted by Gasteiger charge is -2.12. The molecule has 0 aliphatic rings. The van der Waals surface area contributed by atoms with Gasteiger partial charge >= 0.3 is 17.3 Å². The molecule has 0 aromatic carbocycles. The Morgan fingerprint density at radius 2 is 2.38 bits per heavy atom. The first kappa shape index (κ1) is 12.3. The van der Waals surface area contributed by atoms with Crippen LogP contribution in [0.3, 0.4) is 0 Å². The van der Waals surface area contributed by atoms with Crippen molar-refractivity contribution in [2.75, 3.05) is 6.61 Å². The molecule has 0 bridgehead atoms. The Morgan fingerprint density at radius 1 is 1.77 bits per heavy atom. The van der Waals surface area contributed by atoms with Gasteiger partial charge in [0.15, 0.2) is 0 Å². The molecule has 0 spiro atoms. The highest BCUT2D eigenvalue weighted by molar-refractivity contribution is 7.74. The topological polar surface area (TPSA) is 72.8 Å². The van der Waals surface area contributed by atoms with E-state index < -0.39 is 23.4 Å². The van der Waals surface area contributed by atoms with Crippen LogP contribution in [0.25, 0.3) is 0 Å². The molecule has 0 aromatic rings. The Bertz CT molecular complexity index is 203. The third kappa shape index (κ3) is 6.44. The quantitative estimate of drug-likeness (QED) is 0.394. The summed E-state index contributed by atoms with van der Waals surface area (Å²) in [5.74, 6) is -0.570.